The second-order valence-corrected chi connectivity index (χ2v) is 4.78. The molecule has 0 aliphatic carbocycles. The van der Waals surface area contributed by atoms with Crippen LogP contribution in [0.2, 0.25) is 0 Å². The van der Waals surface area contributed by atoms with Crippen LogP contribution < -0.4 is 0 Å². The lowest BCUT2D eigenvalue weighted by Gasteiger charge is -2.16. The van der Waals surface area contributed by atoms with Crippen LogP contribution in [-0.2, 0) is 6.54 Å². The van der Waals surface area contributed by atoms with Crippen molar-refractivity contribution in [3.63, 3.8) is 0 Å². The highest BCUT2D eigenvalue weighted by atomic mass is 15.1. The van der Waals surface area contributed by atoms with E-state index < -0.39 is 0 Å². The van der Waals surface area contributed by atoms with Crippen LogP contribution in [0.4, 0.5) is 0 Å². The van der Waals surface area contributed by atoms with Gasteiger partial charge in [0.15, 0.2) is 0 Å². The monoisotopic (exact) mass is 219 g/mol. The molecule has 16 heavy (non-hydrogen) atoms. The van der Waals surface area contributed by atoms with E-state index in [1.165, 1.54) is 43.4 Å². The molecule has 0 fully saturated rings. The first-order chi connectivity index (χ1) is 7.72. The van der Waals surface area contributed by atoms with E-state index in [1.807, 2.05) is 0 Å². The van der Waals surface area contributed by atoms with Gasteiger partial charge in [0.1, 0.15) is 0 Å². The average Bonchev–Trinajstić information content (AvgIpc) is 2.28. The Kier molecular flexibility index (Phi) is 6.17. The molecular formula is C15H25N. The van der Waals surface area contributed by atoms with Crippen molar-refractivity contribution in [2.75, 3.05) is 13.6 Å². The molecule has 90 valence electrons. The summed E-state index contributed by atoms with van der Waals surface area (Å²) in [7, 11) is 2.21. The fourth-order valence-electron chi connectivity index (χ4n) is 1.89. The van der Waals surface area contributed by atoms with Gasteiger partial charge in [0, 0.05) is 6.54 Å². The van der Waals surface area contributed by atoms with Gasteiger partial charge < -0.3 is 4.90 Å². The number of aryl methyl sites for hydroxylation is 1. The Morgan fingerprint density at radius 1 is 1.00 bits per heavy atom. The van der Waals surface area contributed by atoms with Crippen molar-refractivity contribution in [1.29, 1.82) is 0 Å². The molecule has 1 heteroatoms. The summed E-state index contributed by atoms with van der Waals surface area (Å²) in [5.74, 6) is 0. The second-order valence-electron chi connectivity index (χ2n) is 4.78. The smallest absolute Gasteiger partial charge is 0.0230 e. The molecule has 1 aromatic rings. The van der Waals surface area contributed by atoms with Crippen LogP contribution in [0.1, 0.15) is 43.7 Å². The molecule has 0 spiro atoms. The van der Waals surface area contributed by atoms with Gasteiger partial charge in [-0.05, 0) is 32.5 Å². The number of nitrogens with zero attached hydrogens (tertiary/aromatic N) is 1. The summed E-state index contributed by atoms with van der Waals surface area (Å²) < 4.78 is 0. The highest BCUT2D eigenvalue weighted by molar-refractivity contribution is 5.21. The third-order valence-corrected chi connectivity index (χ3v) is 2.97. The highest BCUT2D eigenvalue weighted by Crippen LogP contribution is 2.07. The number of rotatable bonds is 7. The van der Waals surface area contributed by atoms with E-state index in [0.29, 0.717) is 0 Å². The van der Waals surface area contributed by atoms with Gasteiger partial charge in [-0.1, -0.05) is 56.0 Å². The summed E-state index contributed by atoms with van der Waals surface area (Å²) in [6.07, 6.45) is 5.39. The van der Waals surface area contributed by atoms with E-state index in [0.717, 1.165) is 6.54 Å². The molecule has 0 aromatic heterocycles. The zero-order chi connectivity index (χ0) is 11.8. The highest BCUT2D eigenvalue weighted by Gasteiger charge is 1.99. The summed E-state index contributed by atoms with van der Waals surface area (Å²) in [5.41, 5.74) is 2.76. The summed E-state index contributed by atoms with van der Waals surface area (Å²) in [4.78, 5) is 2.42. The van der Waals surface area contributed by atoms with Crippen LogP contribution in [0, 0.1) is 6.92 Å². The first-order valence-electron chi connectivity index (χ1n) is 6.46. The van der Waals surface area contributed by atoms with Gasteiger partial charge in [-0.15, -0.1) is 0 Å². The van der Waals surface area contributed by atoms with Crippen LogP contribution >= 0.6 is 0 Å². The Labute approximate surface area is 100 Å². The average molecular weight is 219 g/mol. The fraction of sp³-hybridized carbons (Fsp3) is 0.600. The third kappa shape index (κ3) is 5.32. The van der Waals surface area contributed by atoms with Gasteiger partial charge in [-0.25, -0.2) is 0 Å². The van der Waals surface area contributed by atoms with E-state index in [-0.39, 0.29) is 0 Å². The van der Waals surface area contributed by atoms with Crippen molar-refractivity contribution in [3.8, 4) is 0 Å². The zero-order valence-electron chi connectivity index (χ0n) is 11.0. The number of unbranched alkanes of at least 4 members (excludes halogenated alkanes) is 3. The van der Waals surface area contributed by atoms with Gasteiger partial charge in [0.05, 0.1) is 0 Å². The van der Waals surface area contributed by atoms with Crippen LogP contribution in [0.3, 0.4) is 0 Å². The summed E-state index contributed by atoms with van der Waals surface area (Å²) >= 11 is 0. The molecular weight excluding hydrogens is 194 g/mol. The topological polar surface area (TPSA) is 3.24 Å². The molecule has 0 aliphatic rings. The maximum Gasteiger partial charge on any atom is 0.0230 e. The Hall–Kier alpha value is -0.820. The molecule has 0 atom stereocenters. The van der Waals surface area contributed by atoms with Gasteiger partial charge in [0.2, 0.25) is 0 Å². The zero-order valence-corrected chi connectivity index (χ0v) is 11.0. The molecule has 0 radical (unpaired) electrons. The molecule has 1 rings (SSSR count). The number of benzene rings is 1. The minimum Gasteiger partial charge on any atom is -0.302 e. The molecule has 0 saturated carbocycles. The quantitative estimate of drug-likeness (QED) is 0.626. The standard InChI is InChI=1S/C15H25N/c1-4-5-6-7-12-16(3)13-15-10-8-14(2)9-11-15/h8-11H,4-7,12-13H2,1-3H3. The Balaban J connectivity index is 2.23. The van der Waals surface area contributed by atoms with Crippen LogP contribution in [-0.4, -0.2) is 18.5 Å². The minimum atomic E-state index is 1.08. The van der Waals surface area contributed by atoms with E-state index in [9.17, 15) is 0 Å². The van der Waals surface area contributed by atoms with Crippen molar-refractivity contribution in [2.45, 2.75) is 46.1 Å². The van der Waals surface area contributed by atoms with E-state index in [2.05, 4.69) is 50.1 Å². The Morgan fingerprint density at radius 3 is 2.31 bits per heavy atom. The molecule has 1 nitrogen and oxygen atoms in total. The Bertz CT molecular complexity index is 276. The first kappa shape index (κ1) is 13.2. The number of hydrogen-bond donors (Lipinski definition) is 0. The second kappa shape index (κ2) is 7.45. The van der Waals surface area contributed by atoms with Crippen molar-refractivity contribution in [2.24, 2.45) is 0 Å². The summed E-state index contributed by atoms with van der Waals surface area (Å²) in [5, 5.41) is 0. The largest absolute Gasteiger partial charge is 0.302 e. The van der Waals surface area contributed by atoms with Gasteiger partial charge in [-0.2, -0.15) is 0 Å². The molecule has 0 saturated heterocycles. The predicted molar refractivity (Wildman–Crippen MR) is 71.7 cm³/mol. The lowest BCUT2D eigenvalue weighted by molar-refractivity contribution is 0.317. The SMILES string of the molecule is CCCCCCN(C)Cc1ccc(C)cc1. The van der Waals surface area contributed by atoms with Gasteiger partial charge in [0.25, 0.3) is 0 Å². The third-order valence-electron chi connectivity index (χ3n) is 2.97. The summed E-state index contributed by atoms with van der Waals surface area (Å²) in [6.45, 7) is 6.69. The van der Waals surface area contributed by atoms with Gasteiger partial charge >= 0.3 is 0 Å². The summed E-state index contributed by atoms with van der Waals surface area (Å²) in [6, 6.07) is 8.86. The lowest BCUT2D eigenvalue weighted by Crippen LogP contribution is -2.18. The minimum absolute atomic E-state index is 1.08. The molecule has 0 unspecified atom stereocenters. The maximum atomic E-state index is 2.42. The Morgan fingerprint density at radius 2 is 1.69 bits per heavy atom. The van der Waals surface area contributed by atoms with Crippen molar-refractivity contribution >= 4 is 0 Å². The van der Waals surface area contributed by atoms with Crippen molar-refractivity contribution < 1.29 is 0 Å². The molecule has 0 aliphatic heterocycles. The molecule has 0 heterocycles. The molecule has 0 amide bonds. The van der Waals surface area contributed by atoms with E-state index in [4.69, 9.17) is 0 Å². The van der Waals surface area contributed by atoms with Crippen LogP contribution in [0.5, 0.6) is 0 Å². The lowest BCUT2D eigenvalue weighted by atomic mass is 10.1. The molecule has 0 bridgehead atoms. The van der Waals surface area contributed by atoms with Crippen LogP contribution in [0.25, 0.3) is 0 Å². The number of hydrogen-bond acceptors (Lipinski definition) is 1. The predicted octanol–water partition coefficient (Wildman–Crippen LogP) is 4.01. The maximum absolute atomic E-state index is 2.42. The van der Waals surface area contributed by atoms with Gasteiger partial charge in [-0.3, -0.25) is 0 Å². The van der Waals surface area contributed by atoms with Crippen LogP contribution in [0.15, 0.2) is 24.3 Å². The molecule has 1 aromatic carbocycles. The fourth-order valence-corrected chi connectivity index (χ4v) is 1.89. The molecule has 0 N–H and O–H groups in total. The van der Waals surface area contributed by atoms with Crippen molar-refractivity contribution in [1.82, 2.24) is 4.90 Å². The van der Waals surface area contributed by atoms with E-state index >= 15 is 0 Å². The first-order valence-corrected chi connectivity index (χ1v) is 6.46. The van der Waals surface area contributed by atoms with E-state index in [1.54, 1.807) is 0 Å². The van der Waals surface area contributed by atoms with Crippen molar-refractivity contribution in [3.05, 3.63) is 35.4 Å². The normalized spacial score (nSPS) is 11.0.